The molecule has 0 spiro atoms. The highest BCUT2D eigenvalue weighted by atomic mass is 35.5. The Morgan fingerprint density at radius 1 is 1.15 bits per heavy atom. The Morgan fingerprint density at radius 3 is 2.70 bits per heavy atom. The van der Waals surface area contributed by atoms with Crippen LogP contribution >= 0.6 is 11.6 Å². The van der Waals surface area contributed by atoms with Crippen molar-refractivity contribution < 1.29 is 24.1 Å². The van der Waals surface area contributed by atoms with Crippen molar-refractivity contribution in [1.29, 1.82) is 0 Å². The Labute approximate surface area is 192 Å². The molecular weight excluding hydrogens is 457 g/mol. The predicted octanol–water partition coefficient (Wildman–Crippen LogP) is 1.41. The second-order valence-electron chi connectivity index (χ2n) is 8.28. The fourth-order valence-corrected chi connectivity index (χ4v) is 4.00. The zero-order chi connectivity index (χ0) is 23.3. The van der Waals surface area contributed by atoms with Gasteiger partial charge >= 0.3 is 0 Å². The highest BCUT2D eigenvalue weighted by Gasteiger charge is 2.50. The fourth-order valence-electron chi connectivity index (χ4n) is 3.88. The number of rotatable bonds is 5. The SMILES string of the molecule is CC(C)C1NNC([C@H]2O[C@@H](n3cnc4c(Nc5ccc(Cl)c(F)c5)ncnc43)[C@H](O)[C@@H]2O)O1. The van der Waals surface area contributed by atoms with Gasteiger partial charge in [0.15, 0.2) is 29.4 Å². The molecule has 3 aromatic rings. The van der Waals surface area contributed by atoms with Crippen LogP contribution in [0.4, 0.5) is 15.9 Å². The third-order valence-electron chi connectivity index (χ3n) is 5.66. The van der Waals surface area contributed by atoms with Gasteiger partial charge in [-0.05, 0) is 24.1 Å². The van der Waals surface area contributed by atoms with E-state index in [0.29, 0.717) is 22.7 Å². The molecule has 2 fully saturated rings. The molecule has 2 saturated heterocycles. The number of anilines is 2. The third-order valence-corrected chi connectivity index (χ3v) is 5.96. The largest absolute Gasteiger partial charge is 0.387 e. The lowest BCUT2D eigenvalue weighted by Gasteiger charge is -2.21. The summed E-state index contributed by atoms with van der Waals surface area (Å²) in [6.45, 7) is 3.99. The van der Waals surface area contributed by atoms with E-state index in [1.165, 1.54) is 29.4 Å². The number of ether oxygens (including phenoxy) is 2. The molecule has 2 unspecified atom stereocenters. The molecule has 5 rings (SSSR count). The first kappa shape index (κ1) is 22.3. The molecule has 0 bridgehead atoms. The molecule has 6 atom stereocenters. The number of aliphatic hydroxyl groups excluding tert-OH is 2. The minimum Gasteiger partial charge on any atom is -0.387 e. The van der Waals surface area contributed by atoms with Gasteiger partial charge in [-0.25, -0.2) is 30.2 Å². The van der Waals surface area contributed by atoms with E-state index >= 15 is 0 Å². The molecule has 2 aliphatic heterocycles. The average molecular weight is 480 g/mol. The lowest BCUT2D eigenvalue weighted by Crippen LogP contribution is -2.46. The number of aromatic nitrogens is 4. The summed E-state index contributed by atoms with van der Waals surface area (Å²) in [5.74, 6) is -0.0529. The van der Waals surface area contributed by atoms with Gasteiger partial charge in [-0.1, -0.05) is 25.4 Å². The number of aliphatic hydroxyl groups is 2. The molecule has 33 heavy (non-hydrogen) atoms. The van der Waals surface area contributed by atoms with E-state index in [1.54, 1.807) is 6.07 Å². The molecule has 1 aromatic carbocycles. The first-order valence-electron chi connectivity index (χ1n) is 10.4. The van der Waals surface area contributed by atoms with Crippen LogP contribution in [0.25, 0.3) is 11.2 Å². The van der Waals surface area contributed by atoms with E-state index in [0.717, 1.165) is 0 Å². The number of imidazole rings is 1. The van der Waals surface area contributed by atoms with E-state index < -0.39 is 36.6 Å². The Balaban J connectivity index is 1.40. The van der Waals surface area contributed by atoms with Crippen LogP contribution in [0, 0.1) is 11.7 Å². The monoisotopic (exact) mass is 479 g/mol. The molecule has 4 heterocycles. The number of fused-ring (bicyclic) bond motifs is 1. The molecule has 13 heteroatoms. The maximum Gasteiger partial charge on any atom is 0.167 e. The topological polar surface area (TPSA) is 139 Å². The van der Waals surface area contributed by atoms with Crippen LogP contribution in [-0.2, 0) is 9.47 Å². The maximum absolute atomic E-state index is 13.8. The van der Waals surface area contributed by atoms with E-state index in [9.17, 15) is 14.6 Å². The summed E-state index contributed by atoms with van der Waals surface area (Å²) in [6, 6.07) is 4.28. The zero-order valence-electron chi connectivity index (χ0n) is 17.7. The molecule has 2 aliphatic rings. The summed E-state index contributed by atoms with van der Waals surface area (Å²) < 4.78 is 27.2. The molecule has 11 nitrogen and oxygen atoms in total. The Hall–Kier alpha value is -2.45. The van der Waals surface area contributed by atoms with Gasteiger partial charge in [-0.15, -0.1) is 0 Å². The van der Waals surface area contributed by atoms with Crippen LogP contribution in [0.1, 0.15) is 20.1 Å². The number of benzene rings is 1. The Morgan fingerprint density at radius 2 is 1.97 bits per heavy atom. The maximum atomic E-state index is 13.8. The van der Waals surface area contributed by atoms with Crippen molar-refractivity contribution in [3.05, 3.63) is 41.7 Å². The Kier molecular flexibility index (Phi) is 5.91. The zero-order valence-corrected chi connectivity index (χ0v) is 18.4. The van der Waals surface area contributed by atoms with Crippen molar-refractivity contribution in [3.63, 3.8) is 0 Å². The standard InChI is InChI=1S/C20H23ClFN7O4/c1-8(2)18-27-28-19(33-18)15-13(30)14(31)20(32-15)29-7-25-12-16(23-6-24-17(12)29)26-9-3-4-10(21)11(22)5-9/h3-8,13-15,18-20,27-28,30-31H,1-2H3,(H,23,24,26)/t13-,14+,15-,18?,19?,20+/m0/s1. The van der Waals surface area contributed by atoms with Gasteiger partial charge in [-0.3, -0.25) is 4.57 Å². The first-order valence-corrected chi connectivity index (χ1v) is 10.8. The lowest BCUT2D eigenvalue weighted by atomic mass is 10.1. The van der Waals surface area contributed by atoms with Gasteiger partial charge in [0.1, 0.15) is 36.7 Å². The van der Waals surface area contributed by atoms with Crippen LogP contribution in [0.15, 0.2) is 30.9 Å². The van der Waals surface area contributed by atoms with Gasteiger partial charge in [0.05, 0.1) is 11.3 Å². The smallest absolute Gasteiger partial charge is 0.167 e. The summed E-state index contributed by atoms with van der Waals surface area (Å²) in [4.78, 5) is 12.8. The normalized spacial score (nSPS) is 29.9. The molecule has 2 aromatic heterocycles. The number of hydrazine groups is 1. The second-order valence-corrected chi connectivity index (χ2v) is 8.69. The fraction of sp³-hybridized carbons (Fsp3) is 0.450. The van der Waals surface area contributed by atoms with Crippen LogP contribution in [-0.4, -0.2) is 60.5 Å². The molecule has 5 N–H and O–H groups in total. The average Bonchev–Trinajstić information content (AvgIpc) is 3.50. The van der Waals surface area contributed by atoms with Crippen molar-refractivity contribution >= 4 is 34.3 Å². The molecule has 0 amide bonds. The van der Waals surface area contributed by atoms with Gasteiger partial charge in [0.2, 0.25) is 0 Å². The van der Waals surface area contributed by atoms with Gasteiger partial charge < -0.3 is 25.0 Å². The number of hydrogen-bond donors (Lipinski definition) is 5. The molecule has 176 valence electrons. The van der Waals surface area contributed by atoms with Gasteiger partial charge in [-0.2, -0.15) is 0 Å². The predicted molar refractivity (Wildman–Crippen MR) is 116 cm³/mol. The van der Waals surface area contributed by atoms with Gasteiger partial charge in [0.25, 0.3) is 0 Å². The molecule has 0 saturated carbocycles. The quantitative estimate of drug-likeness (QED) is 0.365. The number of nitrogens with zero attached hydrogens (tertiary/aromatic N) is 4. The van der Waals surface area contributed by atoms with Crippen LogP contribution in [0.2, 0.25) is 5.02 Å². The van der Waals surface area contributed by atoms with E-state index in [2.05, 4.69) is 31.1 Å². The number of hydrogen-bond acceptors (Lipinski definition) is 10. The summed E-state index contributed by atoms with van der Waals surface area (Å²) in [7, 11) is 0. The van der Waals surface area contributed by atoms with E-state index in [4.69, 9.17) is 21.1 Å². The third kappa shape index (κ3) is 4.04. The van der Waals surface area contributed by atoms with Crippen molar-refractivity contribution in [2.45, 2.75) is 50.8 Å². The summed E-state index contributed by atoms with van der Waals surface area (Å²) >= 11 is 5.74. The minimum absolute atomic E-state index is 0.00814. The second kappa shape index (κ2) is 8.72. The van der Waals surface area contributed by atoms with Crippen LogP contribution < -0.4 is 16.2 Å². The van der Waals surface area contributed by atoms with Gasteiger partial charge in [0, 0.05) is 5.69 Å². The lowest BCUT2D eigenvalue weighted by molar-refractivity contribution is -0.113. The highest BCUT2D eigenvalue weighted by Crippen LogP contribution is 2.35. The molecule has 0 radical (unpaired) electrons. The highest BCUT2D eigenvalue weighted by molar-refractivity contribution is 6.30. The summed E-state index contributed by atoms with van der Waals surface area (Å²) in [5, 5.41) is 24.3. The van der Waals surface area contributed by atoms with E-state index in [1.807, 2.05) is 13.8 Å². The van der Waals surface area contributed by atoms with Crippen molar-refractivity contribution in [2.24, 2.45) is 5.92 Å². The van der Waals surface area contributed by atoms with Crippen LogP contribution in [0.3, 0.4) is 0 Å². The number of nitrogens with one attached hydrogen (secondary N) is 3. The summed E-state index contributed by atoms with van der Waals surface area (Å²) in [5.41, 5.74) is 7.13. The first-order chi connectivity index (χ1) is 15.8. The minimum atomic E-state index is -1.26. The van der Waals surface area contributed by atoms with Crippen LogP contribution in [0.5, 0.6) is 0 Å². The summed E-state index contributed by atoms with van der Waals surface area (Å²) in [6.07, 6.45) is -2.44. The molecule has 0 aliphatic carbocycles. The van der Waals surface area contributed by atoms with Crippen molar-refractivity contribution in [2.75, 3.05) is 5.32 Å². The Bertz CT molecular complexity index is 1160. The van der Waals surface area contributed by atoms with Crippen molar-refractivity contribution in [1.82, 2.24) is 30.4 Å². The molecular formula is C20H23ClFN7O4. The number of halogens is 2. The van der Waals surface area contributed by atoms with Crippen molar-refractivity contribution in [3.8, 4) is 0 Å². The van der Waals surface area contributed by atoms with E-state index in [-0.39, 0.29) is 17.2 Å².